The molecular formula is C52H27N5O2. The summed E-state index contributed by atoms with van der Waals surface area (Å²) in [5, 5.41) is 37.1. The number of fused-ring (bicyclic) bond motifs is 12. The summed E-state index contributed by atoms with van der Waals surface area (Å²) >= 11 is 0. The molecule has 7 heteroatoms. The Labute approximate surface area is 335 Å². The van der Waals surface area contributed by atoms with Gasteiger partial charge < -0.3 is 18.0 Å². The lowest BCUT2D eigenvalue weighted by molar-refractivity contribution is 0.668. The number of hydrogen-bond donors (Lipinski definition) is 0. The number of rotatable bonds is 3. The molecule has 0 saturated heterocycles. The molecule has 0 radical (unpaired) electrons. The molecule has 7 nitrogen and oxygen atoms in total. The van der Waals surface area contributed by atoms with Crippen LogP contribution in [0.25, 0.3) is 110 Å². The van der Waals surface area contributed by atoms with E-state index in [1.807, 2.05) is 78.9 Å². The van der Waals surface area contributed by atoms with Crippen LogP contribution < -0.4 is 0 Å². The Morgan fingerprint density at radius 2 is 0.712 bits per heavy atom. The average molecular weight is 754 g/mol. The third-order valence-electron chi connectivity index (χ3n) is 11.8. The third-order valence-corrected chi connectivity index (χ3v) is 11.8. The third kappa shape index (κ3) is 4.72. The summed E-state index contributed by atoms with van der Waals surface area (Å²) in [5.74, 6) is 0. The minimum atomic E-state index is 0.568. The van der Waals surface area contributed by atoms with Gasteiger partial charge in [0.15, 0.2) is 0 Å². The van der Waals surface area contributed by atoms with E-state index in [4.69, 9.17) is 8.83 Å². The summed E-state index contributed by atoms with van der Waals surface area (Å²) in [6.45, 7) is 2.09. The van der Waals surface area contributed by atoms with Crippen molar-refractivity contribution < 1.29 is 8.83 Å². The van der Waals surface area contributed by atoms with Crippen LogP contribution in [0.5, 0.6) is 0 Å². The molecule has 4 aromatic heterocycles. The van der Waals surface area contributed by atoms with Gasteiger partial charge in [-0.1, -0.05) is 23.8 Å². The molecule has 272 valence electrons. The zero-order chi connectivity index (χ0) is 39.5. The van der Waals surface area contributed by atoms with Crippen molar-refractivity contribution in [2.75, 3.05) is 0 Å². The first-order chi connectivity index (χ1) is 29.0. The van der Waals surface area contributed by atoms with E-state index in [2.05, 4.69) is 101 Å². The maximum Gasteiger partial charge on any atom is 0.135 e. The lowest BCUT2D eigenvalue weighted by atomic mass is 10.0. The highest BCUT2D eigenvalue weighted by Crippen LogP contribution is 2.40. The Bertz CT molecular complexity index is 3890. The SMILES string of the molecule is Cc1ccc2c(c1)c1cc(C#N)ccc1n2-c1ccc2oc3ccc(-c4ccc5oc6ccc(-n7c8ccc(C#N)cc8c8cc(C#N)ccc87)cc6c5c4)cc3c2c1. The maximum absolute atomic E-state index is 9.68. The molecule has 0 amide bonds. The fraction of sp³-hybridized carbons (Fsp3) is 0.0192. The van der Waals surface area contributed by atoms with E-state index in [9.17, 15) is 15.8 Å². The van der Waals surface area contributed by atoms with Gasteiger partial charge in [-0.15, -0.1) is 0 Å². The molecule has 0 aliphatic rings. The molecule has 0 aliphatic heterocycles. The van der Waals surface area contributed by atoms with Crippen LogP contribution in [0, 0.1) is 40.9 Å². The number of nitrogens with zero attached hydrogens (tertiary/aromatic N) is 5. The Kier molecular flexibility index (Phi) is 6.62. The van der Waals surface area contributed by atoms with Crippen LogP contribution in [0.3, 0.4) is 0 Å². The number of aromatic nitrogens is 2. The van der Waals surface area contributed by atoms with Gasteiger partial charge in [0.2, 0.25) is 0 Å². The fourth-order valence-electron chi connectivity index (χ4n) is 9.09. The molecular weight excluding hydrogens is 727 g/mol. The van der Waals surface area contributed by atoms with Crippen LogP contribution >= 0.6 is 0 Å². The molecule has 12 aromatic rings. The van der Waals surface area contributed by atoms with E-state index >= 15 is 0 Å². The second kappa shape index (κ2) is 12.0. The van der Waals surface area contributed by atoms with Crippen LogP contribution in [0.4, 0.5) is 0 Å². The minimum Gasteiger partial charge on any atom is -0.456 e. The zero-order valence-corrected chi connectivity index (χ0v) is 31.4. The molecule has 0 saturated carbocycles. The monoisotopic (exact) mass is 753 g/mol. The zero-order valence-electron chi connectivity index (χ0n) is 31.4. The lowest BCUT2D eigenvalue weighted by Gasteiger charge is -2.08. The van der Waals surface area contributed by atoms with Crippen LogP contribution in [-0.4, -0.2) is 9.13 Å². The summed E-state index contributed by atoms with van der Waals surface area (Å²) in [5.41, 5.74) is 14.2. The van der Waals surface area contributed by atoms with Crippen molar-refractivity contribution in [1.29, 1.82) is 15.8 Å². The van der Waals surface area contributed by atoms with Crippen molar-refractivity contribution in [3.05, 3.63) is 168 Å². The predicted octanol–water partition coefficient (Wildman–Crippen LogP) is 13.3. The number of benzene rings is 8. The van der Waals surface area contributed by atoms with Crippen molar-refractivity contribution in [2.45, 2.75) is 6.92 Å². The number of aryl methyl sites for hydroxylation is 1. The largest absolute Gasteiger partial charge is 0.456 e. The van der Waals surface area contributed by atoms with Crippen LogP contribution in [0.2, 0.25) is 0 Å². The Hall–Kier alpha value is -8.57. The highest BCUT2D eigenvalue weighted by Gasteiger charge is 2.19. The highest BCUT2D eigenvalue weighted by molar-refractivity contribution is 6.13. The molecule has 0 atom stereocenters. The van der Waals surface area contributed by atoms with Crippen molar-refractivity contribution in [1.82, 2.24) is 9.13 Å². The molecule has 0 N–H and O–H groups in total. The van der Waals surface area contributed by atoms with E-state index in [-0.39, 0.29) is 0 Å². The van der Waals surface area contributed by atoms with Crippen molar-refractivity contribution in [3.63, 3.8) is 0 Å². The van der Waals surface area contributed by atoms with E-state index in [1.54, 1.807) is 0 Å². The molecule has 12 rings (SSSR count). The molecule has 0 fully saturated rings. The summed E-state index contributed by atoms with van der Waals surface area (Å²) in [6, 6.07) is 55.9. The maximum atomic E-state index is 9.68. The van der Waals surface area contributed by atoms with Crippen LogP contribution in [0.1, 0.15) is 22.3 Å². The van der Waals surface area contributed by atoms with Gasteiger partial charge in [0.05, 0.1) is 57.0 Å². The summed E-state index contributed by atoms with van der Waals surface area (Å²) in [6.07, 6.45) is 0. The van der Waals surface area contributed by atoms with E-state index in [1.165, 1.54) is 5.56 Å². The normalized spacial score (nSPS) is 11.8. The second-order valence-electron chi connectivity index (χ2n) is 15.2. The van der Waals surface area contributed by atoms with Crippen LogP contribution in [-0.2, 0) is 0 Å². The molecule has 0 unspecified atom stereocenters. The molecule has 0 spiro atoms. The molecule has 0 aliphatic carbocycles. The fourth-order valence-corrected chi connectivity index (χ4v) is 9.09. The second-order valence-corrected chi connectivity index (χ2v) is 15.2. The Balaban J connectivity index is 1.00. The average Bonchev–Trinajstić information content (AvgIpc) is 4.02. The van der Waals surface area contributed by atoms with E-state index in [0.717, 1.165) is 110 Å². The molecule has 8 aromatic carbocycles. The highest BCUT2D eigenvalue weighted by atomic mass is 16.3. The number of nitriles is 3. The van der Waals surface area contributed by atoms with Gasteiger partial charge in [0, 0.05) is 54.5 Å². The predicted molar refractivity (Wildman–Crippen MR) is 234 cm³/mol. The first-order valence-corrected chi connectivity index (χ1v) is 19.2. The van der Waals surface area contributed by atoms with Gasteiger partial charge in [-0.2, -0.15) is 15.8 Å². The van der Waals surface area contributed by atoms with Gasteiger partial charge in [0.25, 0.3) is 0 Å². The van der Waals surface area contributed by atoms with Crippen LogP contribution in [0.15, 0.2) is 154 Å². The molecule has 59 heavy (non-hydrogen) atoms. The van der Waals surface area contributed by atoms with E-state index in [0.29, 0.717) is 16.7 Å². The quantitative estimate of drug-likeness (QED) is 0.178. The Morgan fingerprint density at radius 1 is 0.356 bits per heavy atom. The van der Waals surface area contributed by atoms with Gasteiger partial charge in [0.1, 0.15) is 22.3 Å². The van der Waals surface area contributed by atoms with Gasteiger partial charge in [-0.05, 0) is 145 Å². The summed E-state index contributed by atoms with van der Waals surface area (Å²) < 4.78 is 17.2. The van der Waals surface area contributed by atoms with Gasteiger partial charge in [-0.25, -0.2) is 0 Å². The summed E-state index contributed by atoms with van der Waals surface area (Å²) in [7, 11) is 0. The van der Waals surface area contributed by atoms with Crippen molar-refractivity contribution in [3.8, 4) is 40.7 Å². The number of hydrogen-bond acceptors (Lipinski definition) is 5. The lowest BCUT2D eigenvalue weighted by Crippen LogP contribution is -1.93. The van der Waals surface area contributed by atoms with Gasteiger partial charge >= 0.3 is 0 Å². The Morgan fingerprint density at radius 3 is 1.12 bits per heavy atom. The topological polar surface area (TPSA) is 108 Å². The number of furan rings is 2. The van der Waals surface area contributed by atoms with Crippen molar-refractivity contribution in [2.24, 2.45) is 0 Å². The van der Waals surface area contributed by atoms with Gasteiger partial charge in [-0.3, -0.25) is 0 Å². The van der Waals surface area contributed by atoms with E-state index < -0.39 is 0 Å². The smallest absolute Gasteiger partial charge is 0.135 e. The minimum absolute atomic E-state index is 0.568. The molecule has 0 bridgehead atoms. The first-order valence-electron chi connectivity index (χ1n) is 19.2. The standard InChI is InChI=1S/C52H27N5O2/c1-29-2-10-45-37(18-29)38-19-30(26-53)3-11-46(38)56(45)35-8-16-51-43(24-35)41-22-33(6-14-49(41)58-51)34-7-15-50-42(23-34)44-25-36(9-17-52(44)59-50)57-47-12-4-31(27-54)20-39(47)40-21-32(28-55)5-13-48(40)57/h2-25H,1H3. The first kappa shape index (κ1) is 32.7. The van der Waals surface area contributed by atoms with Crippen molar-refractivity contribution >= 4 is 87.5 Å². The summed E-state index contributed by atoms with van der Waals surface area (Å²) in [4.78, 5) is 0. The molecule has 4 heterocycles.